The summed E-state index contributed by atoms with van der Waals surface area (Å²) < 4.78 is 21.1. The van der Waals surface area contributed by atoms with Crippen molar-refractivity contribution in [2.75, 3.05) is 13.2 Å². The number of benzene rings is 1. The molecule has 1 aromatic carbocycles. The van der Waals surface area contributed by atoms with Gasteiger partial charge in [-0.25, -0.2) is 4.79 Å². The molecule has 2 aliphatic carbocycles. The van der Waals surface area contributed by atoms with Crippen molar-refractivity contribution in [2.24, 2.45) is 29.6 Å². The summed E-state index contributed by atoms with van der Waals surface area (Å²) in [6, 6.07) is 7.61. The van der Waals surface area contributed by atoms with Crippen molar-refractivity contribution in [3.05, 3.63) is 35.5 Å². The second-order valence-electron chi connectivity index (χ2n) is 14.0. The molecule has 1 amide bonds. The summed E-state index contributed by atoms with van der Waals surface area (Å²) in [5.41, 5.74) is 1.79. The predicted octanol–water partition coefficient (Wildman–Crippen LogP) is 7.61. The summed E-state index contributed by atoms with van der Waals surface area (Å²) in [6.45, 7) is 6.43. The van der Waals surface area contributed by atoms with E-state index in [0.717, 1.165) is 61.4 Å². The van der Waals surface area contributed by atoms with Crippen LogP contribution in [0.4, 0.5) is 4.39 Å². The zero-order valence-corrected chi connectivity index (χ0v) is 26.3. The van der Waals surface area contributed by atoms with Gasteiger partial charge in [-0.1, -0.05) is 58.9 Å². The van der Waals surface area contributed by atoms with E-state index in [1.807, 2.05) is 54.5 Å². The second kappa shape index (κ2) is 12.4. The number of Topliss-reactive ketones (excluding diaryl/α,β-unsaturated/α-hetero) is 1. The maximum atomic E-state index is 14.3. The fourth-order valence-electron chi connectivity index (χ4n) is 9.08. The van der Waals surface area contributed by atoms with Gasteiger partial charge in [0, 0.05) is 37.1 Å². The summed E-state index contributed by atoms with van der Waals surface area (Å²) in [4.78, 5) is 43.0. The molecular weight excluding hydrogens is 543 g/mol. The van der Waals surface area contributed by atoms with Gasteiger partial charge in [0.05, 0.1) is 18.2 Å². The van der Waals surface area contributed by atoms with Gasteiger partial charge < -0.3 is 9.64 Å². The van der Waals surface area contributed by atoms with Gasteiger partial charge in [0.25, 0.3) is 0 Å². The molecule has 2 aliphatic heterocycles. The van der Waals surface area contributed by atoms with E-state index >= 15 is 0 Å². The van der Waals surface area contributed by atoms with Crippen LogP contribution in [0, 0.1) is 29.6 Å². The highest BCUT2D eigenvalue weighted by molar-refractivity contribution is 5.99. The highest BCUT2D eigenvalue weighted by Crippen LogP contribution is 2.43. The van der Waals surface area contributed by atoms with Crippen LogP contribution in [0.15, 0.2) is 24.3 Å². The minimum atomic E-state index is -0.660. The van der Waals surface area contributed by atoms with Crippen molar-refractivity contribution in [1.29, 1.82) is 0 Å². The van der Waals surface area contributed by atoms with Crippen LogP contribution in [0.3, 0.4) is 0 Å². The molecule has 0 unspecified atom stereocenters. The van der Waals surface area contributed by atoms with Gasteiger partial charge in [-0.15, -0.1) is 0 Å². The number of nitrogens with zero attached hydrogens (tertiary/aromatic N) is 2. The Morgan fingerprint density at radius 2 is 1.72 bits per heavy atom. The molecule has 0 radical (unpaired) electrons. The Bertz CT molecular complexity index is 1350. The molecule has 6 nitrogen and oxygen atoms in total. The van der Waals surface area contributed by atoms with E-state index < -0.39 is 5.72 Å². The largest absolute Gasteiger partial charge is 0.434 e. The number of carbonyl (C=O) groups excluding carboxylic acids is 3. The molecular formula is C36H49FN2O4. The number of fused-ring (bicyclic) bond motifs is 3. The Morgan fingerprint density at radius 3 is 2.40 bits per heavy atom. The lowest BCUT2D eigenvalue weighted by atomic mass is 9.74. The number of alkyl halides is 1. The topological polar surface area (TPSA) is 68.6 Å². The van der Waals surface area contributed by atoms with Crippen LogP contribution < -0.4 is 0 Å². The normalized spacial score (nSPS) is 28.2. The third-order valence-electron chi connectivity index (χ3n) is 11.7. The van der Waals surface area contributed by atoms with Crippen molar-refractivity contribution in [3.8, 4) is 0 Å². The van der Waals surface area contributed by atoms with Crippen molar-refractivity contribution in [2.45, 2.75) is 116 Å². The maximum absolute atomic E-state index is 14.3. The SMILES string of the molecule is CCC1(CC)OC(=O)c2cc3cc(CC(=O)[C@@H]4[C@H](C5CCCCC5)CCN4C(=O)C4CCC([C@H](C)CF)CC4)ccc3n21. The van der Waals surface area contributed by atoms with Crippen molar-refractivity contribution in [1.82, 2.24) is 9.47 Å². The van der Waals surface area contributed by atoms with Crippen molar-refractivity contribution in [3.63, 3.8) is 0 Å². The van der Waals surface area contributed by atoms with Crippen molar-refractivity contribution >= 4 is 28.6 Å². The molecule has 1 saturated heterocycles. The van der Waals surface area contributed by atoms with Crippen LogP contribution in [0.1, 0.15) is 114 Å². The molecule has 0 bridgehead atoms. The van der Waals surface area contributed by atoms with E-state index in [-0.39, 0.29) is 54.6 Å². The highest BCUT2D eigenvalue weighted by atomic mass is 19.1. The number of esters is 1. The van der Waals surface area contributed by atoms with Crippen LogP contribution in [-0.4, -0.2) is 46.4 Å². The van der Waals surface area contributed by atoms with Gasteiger partial charge in [0.15, 0.2) is 11.5 Å². The first-order valence-corrected chi connectivity index (χ1v) is 17.1. The van der Waals surface area contributed by atoms with Crippen molar-refractivity contribution < 1.29 is 23.5 Å². The fraction of sp³-hybridized carbons (Fsp3) is 0.694. The fourth-order valence-corrected chi connectivity index (χ4v) is 9.08. The summed E-state index contributed by atoms with van der Waals surface area (Å²) in [6.07, 6.45) is 11.9. The monoisotopic (exact) mass is 592 g/mol. The third kappa shape index (κ3) is 5.44. The molecule has 234 valence electrons. The molecule has 6 rings (SSSR count). The number of ketones is 1. The quantitative estimate of drug-likeness (QED) is 0.281. The number of likely N-dealkylation sites (tertiary alicyclic amines) is 1. The van der Waals surface area contributed by atoms with Crippen LogP contribution in [0.25, 0.3) is 10.9 Å². The first-order valence-electron chi connectivity index (χ1n) is 17.1. The number of amides is 1. The van der Waals surface area contributed by atoms with Crippen LogP contribution in [-0.2, 0) is 26.5 Å². The summed E-state index contributed by atoms with van der Waals surface area (Å²) in [5.74, 6) is 1.08. The van der Waals surface area contributed by atoms with Crippen LogP contribution in [0.5, 0.6) is 0 Å². The lowest BCUT2D eigenvalue weighted by Crippen LogP contribution is -2.48. The molecule has 43 heavy (non-hydrogen) atoms. The number of halogens is 1. The molecule has 0 spiro atoms. The lowest BCUT2D eigenvalue weighted by Gasteiger charge is -2.37. The van der Waals surface area contributed by atoms with Crippen LogP contribution in [0.2, 0.25) is 0 Å². The Morgan fingerprint density at radius 1 is 1.00 bits per heavy atom. The van der Waals surface area contributed by atoms with E-state index in [2.05, 4.69) is 0 Å². The highest BCUT2D eigenvalue weighted by Gasteiger charge is 2.47. The van der Waals surface area contributed by atoms with Gasteiger partial charge in [0.1, 0.15) is 5.69 Å². The van der Waals surface area contributed by atoms with E-state index in [9.17, 15) is 18.8 Å². The molecule has 7 heteroatoms. The maximum Gasteiger partial charge on any atom is 0.357 e. The molecule has 2 aromatic rings. The zero-order chi connectivity index (χ0) is 30.3. The first kappa shape index (κ1) is 30.3. The number of rotatable bonds is 9. The summed E-state index contributed by atoms with van der Waals surface area (Å²) in [7, 11) is 0. The minimum absolute atomic E-state index is 0.0539. The second-order valence-corrected chi connectivity index (χ2v) is 14.0. The molecule has 2 saturated carbocycles. The Kier molecular flexibility index (Phi) is 8.72. The molecule has 3 fully saturated rings. The van der Waals surface area contributed by atoms with Gasteiger partial charge in [0.2, 0.25) is 5.91 Å². The van der Waals surface area contributed by atoms with E-state index in [0.29, 0.717) is 36.9 Å². The molecule has 1 aromatic heterocycles. The van der Waals surface area contributed by atoms with Crippen LogP contribution >= 0.6 is 0 Å². The number of carbonyl (C=O) groups is 3. The number of hydrogen-bond acceptors (Lipinski definition) is 4. The standard InChI is InChI=1S/C36H49FN2O4/c1-4-36(5-2)39-30-16-11-24(19-28(30)21-31(39)35(42)43-36)20-32(40)33-29(26-9-7-6-8-10-26)17-18-38(33)34(41)27-14-12-25(13-15-27)23(3)22-37/h11,16,19,21,23,25-27,29,33H,4-10,12-15,17-18,20,22H2,1-3H3/t23-,25?,27?,29+,33+/m1/s1. The summed E-state index contributed by atoms with van der Waals surface area (Å²) in [5, 5.41) is 0.950. The number of hydrogen-bond donors (Lipinski definition) is 0. The van der Waals surface area contributed by atoms with Gasteiger partial charge in [-0.3, -0.25) is 18.5 Å². The number of cyclic esters (lactones) is 1. The van der Waals surface area contributed by atoms with Gasteiger partial charge >= 0.3 is 5.97 Å². The summed E-state index contributed by atoms with van der Waals surface area (Å²) >= 11 is 0. The number of aromatic nitrogens is 1. The minimum Gasteiger partial charge on any atom is -0.434 e. The first-order chi connectivity index (χ1) is 20.8. The molecule has 3 heterocycles. The Balaban J connectivity index is 1.23. The third-order valence-corrected chi connectivity index (χ3v) is 11.7. The van der Waals surface area contributed by atoms with E-state index in [1.165, 1.54) is 19.3 Å². The molecule has 4 aliphatic rings. The number of ether oxygens (including phenoxy) is 1. The molecule has 3 atom stereocenters. The smallest absolute Gasteiger partial charge is 0.357 e. The zero-order valence-electron chi connectivity index (χ0n) is 26.3. The average molecular weight is 593 g/mol. The Hall–Kier alpha value is -2.70. The lowest BCUT2D eigenvalue weighted by molar-refractivity contribution is -0.143. The van der Waals surface area contributed by atoms with Gasteiger partial charge in [-0.05, 0) is 79.5 Å². The predicted molar refractivity (Wildman–Crippen MR) is 165 cm³/mol. The Labute approximate surface area is 255 Å². The van der Waals surface area contributed by atoms with E-state index in [4.69, 9.17) is 4.74 Å². The van der Waals surface area contributed by atoms with E-state index in [1.54, 1.807) is 0 Å². The average Bonchev–Trinajstić information content (AvgIpc) is 3.73. The molecule has 0 N–H and O–H groups in total. The van der Waals surface area contributed by atoms with Gasteiger partial charge in [-0.2, -0.15) is 0 Å².